The summed E-state index contributed by atoms with van der Waals surface area (Å²) in [6, 6.07) is 18.5. The molecule has 1 N–H and O–H groups in total. The first-order valence-corrected chi connectivity index (χ1v) is 12.2. The largest absolute Gasteiger partial charge is 0.480 e. The minimum Gasteiger partial charge on any atom is -0.480 e. The van der Waals surface area contributed by atoms with Crippen LogP contribution in [0.4, 0.5) is 0 Å². The number of aliphatic carboxylic acids is 1. The van der Waals surface area contributed by atoms with E-state index in [1.54, 1.807) is 6.07 Å². The van der Waals surface area contributed by atoms with Crippen molar-refractivity contribution in [3.05, 3.63) is 66.1 Å². The summed E-state index contributed by atoms with van der Waals surface area (Å²) in [6.45, 7) is 0.332. The average Bonchev–Trinajstić information content (AvgIpc) is 3.33. The van der Waals surface area contributed by atoms with Gasteiger partial charge in [-0.25, -0.2) is 8.42 Å². The van der Waals surface area contributed by atoms with E-state index in [9.17, 15) is 13.2 Å². The number of benzene rings is 2. The molecule has 2 heterocycles. The Hall–Kier alpha value is -3.17. The molecule has 0 aliphatic heterocycles. The van der Waals surface area contributed by atoms with Gasteiger partial charge < -0.3 is 18.9 Å². The molecule has 0 bridgehead atoms. The van der Waals surface area contributed by atoms with Crippen LogP contribution in [0, 0.1) is 0 Å². The van der Waals surface area contributed by atoms with Crippen molar-refractivity contribution >= 4 is 37.6 Å². The zero-order valence-corrected chi connectivity index (χ0v) is 18.4. The normalized spacial score (nSPS) is 13.0. The van der Waals surface area contributed by atoms with Crippen LogP contribution >= 0.6 is 0 Å². The predicted octanol–water partition coefficient (Wildman–Crippen LogP) is 3.43. The number of carboxylic acids is 1. The van der Waals surface area contributed by atoms with Crippen molar-refractivity contribution in [1.29, 1.82) is 0 Å². The monoisotopic (exact) mass is 456 g/mol. The van der Waals surface area contributed by atoms with Crippen LogP contribution in [0.3, 0.4) is 0 Å². The summed E-state index contributed by atoms with van der Waals surface area (Å²) in [5.41, 5.74) is 3.16. The lowest BCUT2D eigenvalue weighted by atomic mass is 10.2. The number of rotatable bonds is 10. The van der Waals surface area contributed by atoms with Gasteiger partial charge >= 0.3 is 5.97 Å². The summed E-state index contributed by atoms with van der Waals surface area (Å²) in [5, 5.41) is 13.9. The lowest BCUT2D eigenvalue weighted by Crippen LogP contribution is -2.33. The fourth-order valence-electron chi connectivity index (χ4n) is 3.85. The molecular weight excluding hydrogens is 432 g/mol. The van der Waals surface area contributed by atoms with Gasteiger partial charge in [0, 0.05) is 40.7 Å². The molecule has 32 heavy (non-hydrogen) atoms. The van der Waals surface area contributed by atoms with Gasteiger partial charge in [0.25, 0.3) is 0 Å². The van der Waals surface area contributed by atoms with Crippen LogP contribution in [0.5, 0.6) is 0 Å². The highest BCUT2D eigenvalue weighted by Crippen LogP contribution is 2.29. The number of carbonyl (C=O) groups is 1. The maximum Gasteiger partial charge on any atom is 0.324 e. The average molecular weight is 457 g/mol. The minimum absolute atomic E-state index is 0.0425. The molecule has 4 rings (SSSR count). The Bertz CT molecular complexity index is 1300. The van der Waals surface area contributed by atoms with E-state index in [2.05, 4.69) is 34.0 Å². The van der Waals surface area contributed by atoms with Crippen LogP contribution in [-0.2, 0) is 38.9 Å². The Balaban J connectivity index is 1.36. The highest BCUT2D eigenvalue weighted by molar-refractivity contribution is 7.92. The number of para-hydroxylation sites is 2. The minimum atomic E-state index is -3.75. The SMILES string of the molecule is CS(=O)(=O)[C@@H](COCc1cc(CCCn2c3ccccc3c3ccccc32)no1)C(=O)O. The molecule has 0 saturated heterocycles. The van der Waals surface area contributed by atoms with E-state index in [4.69, 9.17) is 14.4 Å². The van der Waals surface area contributed by atoms with Crippen molar-refractivity contribution in [3.8, 4) is 0 Å². The maximum absolute atomic E-state index is 11.5. The molecule has 0 aliphatic carbocycles. The molecule has 1 atom stereocenters. The number of hydrogen-bond acceptors (Lipinski definition) is 6. The summed E-state index contributed by atoms with van der Waals surface area (Å²) < 4.78 is 35.8. The smallest absolute Gasteiger partial charge is 0.324 e. The Morgan fingerprint density at radius 1 is 1.12 bits per heavy atom. The van der Waals surface area contributed by atoms with E-state index >= 15 is 0 Å². The number of ether oxygens (including phenoxy) is 1. The van der Waals surface area contributed by atoms with Crippen LogP contribution in [0.2, 0.25) is 0 Å². The molecule has 0 saturated carbocycles. The molecule has 4 aromatic rings. The van der Waals surface area contributed by atoms with Gasteiger partial charge in [-0.1, -0.05) is 41.6 Å². The second kappa shape index (κ2) is 9.13. The molecule has 2 aromatic heterocycles. The van der Waals surface area contributed by atoms with Crippen LogP contribution in [-0.4, -0.2) is 47.3 Å². The predicted molar refractivity (Wildman–Crippen MR) is 120 cm³/mol. The second-order valence-corrected chi connectivity index (χ2v) is 9.97. The molecule has 168 valence electrons. The number of aromatic nitrogens is 2. The Kier molecular flexibility index (Phi) is 6.29. The maximum atomic E-state index is 11.5. The fourth-order valence-corrected chi connectivity index (χ4v) is 4.56. The summed E-state index contributed by atoms with van der Waals surface area (Å²) >= 11 is 0. The van der Waals surface area contributed by atoms with E-state index in [-0.39, 0.29) is 6.61 Å². The topological polar surface area (TPSA) is 112 Å². The van der Waals surface area contributed by atoms with Crippen molar-refractivity contribution in [2.75, 3.05) is 12.9 Å². The van der Waals surface area contributed by atoms with Gasteiger partial charge in [0.15, 0.2) is 20.8 Å². The molecule has 0 spiro atoms. The molecule has 9 heteroatoms. The highest BCUT2D eigenvalue weighted by atomic mass is 32.2. The van der Waals surface area contributed by atoms with Crippen LogP contribution in [0.15, 0.2) is 59.1 Å². The first-order chi connectivity index (χ1) is 15.3. The summed E-state index contributed by atoms with van der Waals surface area (Å²) in [7, 11) is -3.75. The zero-order chi connectivity index (χ0) is 22.7. The van der Waals surface area contributed by atoms with Gasteiger partial charge in [-0.05, 0) is 25.0 Å². The van der Waals surface area contributed by atoms with Gasteiger partial charge in [0.05, 0.1) is 12.3 Å². The van der Waals surface area contributed by atoms with Crippen molar-refractivity contribution in [1.82, 2.24) is 9.72 Å². The van der Waals surface area contributed by atoms with Crippen molar-refractivity contribution in [3.63, 3.8) is 0 Å². The van der Waals surface area contributed by atoms with Crippen molar-refractivity contribution in [2.24, 2.45) is 0 Å². The Morgan fingerprint density at radius 3 is 2.34 bits per heavy atom. The number of hydrogen-bond donors (Lipinski definition) is 1. The molecule has 2 aromatic carbocycles. The zero-order valence-electron chi connectivity index (χ0n) is 17.6. The van der Waals surface area contributed by atoms with Crippen LogP contribution < -0.4 is 0 Å². The van der Waals surface area contributed by atoms with E-state index in [0.29, 0.717) is 12.2 Å². The number of aryl methyl sites for hydroxylation is 2. The summed E-state index contributed by atoms with van der Waals surface area (Å²) in [5.74, 6) is -1.01. The molecule has 8 nitrogen and oxygen atoms in total. The third-order valence-electron chi connectivity index (χ3n) is 5.41. The van der Waals surface area contributed by atoms with Gasteiger partial charge in [-0.2, -0.15) is 0 Å². The van der Waals surface area contributed by atoms with E-state index < -0.39 is 27.7 Å². The molecule has 0 unspecified atom stereocenters. The standard InChI is InChI=1S/C23H24N2O6S/c1-32(28,29)22(23(26)27)15-30-14-17-13-16(24-31-17)7-6-12-25-20-10-4-2-8-18(20)19-9-3-5-11-21(19)25/h2-5,8-11,13,22H,6-7,12,14-15H2,1H3,(H,26,27)/t22-/m0/s1. The lowest BCUT2D eigenvalue weighted by Gasteiger charge is -2.09. The van der Waals surface area contributed by atoms with Gasteiger partial charge in [-0.15, -0.1) is 0 Å². The van der Waals surface area contributed by atoms with Crippen molar-refractivity contribution < 1.29 is 27.6 Å². The summed E-state index contributed by atoms with van der Waals surface area (Å²) in [4.78, 5) is 11.1. The fraction of sp³-hybridized carbons (Fsp3) is 0.304. The number of carboxylic acid groups (broad SMARTS) is 1. The highest BCUT2D eigenvalue weighted by Gasteiger charge is 2.28. The van der Waals surface area contributed by atoms with Crippen LogP contribution in [0.1, 0.15) is 17.9 Å². The number of sulfone groups is 1. The number of nitrogens with zero attached hydrogens (tertiary/aromatic N) is 2. The van der Waals surface area contributed by atoms with Crippen molar-refractivity contribution in [2.45, 2.75) is 31.2 Å². The first-order valence-electron chi connectivity index (χ1n) is 10.2. The molecule has 0 aliphatic rings. The van der Waals surface area contributed by atoms with E-state index in [1.807, 2.05) is 24.3 Å². The van der Waals surface area contributed by atoms with E-state index in [0.717, 1.165) is 24.9 Å². The van der Waals surface area contributed by atoms with Crippen LogP contribution in [0.25, 0.3) is 21.8 Å². The van der Waals surface area contributed by atoms with Gasteiger partial charge in [-0.3, -0.25) is 4.79 Å². The summed E-state index contributed by atoms with van der Waals surface area (Å²) in [6.07, 6.45) is 2.43. The molecule has 0 fully saturated rings. The lowest BCUT2D eigenvalue weighted by molar-refractivity contribution is -0.137. The Labute approximate surface area is 185 Å². The van der Waals surface area contributed by atoms with Gasteiger partial charge in [0.1, 0.15) is 6.61 Å². The first kappa shape index (κ1) is 22.0. The van der Waals surface area contributed by atoms with Gasteiger partial charge in [0.2, 0.25) is 0 Å². The third kappa shape index (κ3) is 4.68. The molecule has 0 radical (unpaired) electrons. The molecule has 0 amide bonds. The second-order valence-electron chi connectivity index (χ2n) is 7.75. The Morgan fingerprint density at radius 2 is 1.75 bits per heavy atom. The van der Waals surface area contributed by atoms with E-state index in [1.165, 1.54) is 21.8 Å². The number of fused-ring (bicyclic) bond motifs is 3. The third-order valence-corrected chi connectivity index (χ3v) is 6.78. The molecular formula is C23H24N2O6S. The quantitative estimate of drug-likeness (QED) is 0.389.